The van der Waals surface area contributed by atoms with E-state index in [9.17, 15) is 4.79 Å². The number of nitrogens with zero attached hydrogens (tertiary/aromatic N) is 5. The van der Waals surface area contributed by atoms with E-state index in [4.69, 9.17) is 18.5 Å². The Bertz CT molecular complexity index is 863. The van der Waals surface area contributed by atoms with Gasteiger partial charge < -0.3 is 23.4 Å². The van der Waals surface area contributed by atoms with Crippen LogP contribution in [0.3, 0.4) is 0 Å². The Morgan fingerprint density at radius 2 is 1.65 bits per heavy atom. The number of carbonyl (C=O) groups is 1. The summed E-state index contributed by atoms with van der Waals surface area (Å²) in [5.74, 6) is 2.65. The number of morpholine rings is 1. The zero-order valence-electron chi connectivity index (χ0n) is 17.7. The molecule has 0 atom stereocenters. The summed E-state index contributed by atoms with van der Waals surface area (Å²) in [6.07, 6.45) is 3.49. The van der Waals surface area contributed by atoms with Gasteiger partial charge in [-0.15, -0.1) is 0 Å². The van der Waals surface area contributed by atoms with Crippen LogP contribution >= 0.6 is 0 Å². The van der Waals surface area contributed by atoms with E-state index >= 15 is 0 Å². The monoisotopic (exact) mass is 431 g/mol. The van der Waals surface area contributed by atoms with Gasteiger partial charge in [-0.3, -0.25) is 9.69 Å². The van der Waals surface area contributed by atoms with Crippen molar-refractivity contribution in [1.82, 2.24) is 25.1 Å². The van der Waals surface area contributed by atoms with E-state index in [0.717, 1.165) is 71.0 Å². The Morgan fingerprint density at radius 1 is 0.903 bits per heavy atom. The lowest BCUT2D eigenvalue weighted by Crippen LogP contribution is -2.38. The molecule has 0 N–H and O–H groups in total. The molecule has 0 bridgehead atoms. The summed E-state index contributed by atoms with van der Waals surface area (Å²) in [6.45, 7) is 6.63. The van der Waals surface area contributed by atoms with Crippen LogP contribution in [-0.4, -0.2) is 83.6 Å². The van der Waals surface area contributed by atoms with Gasteiger partial charge in [-0.25, -0.2) is 0 Å². The molecular weight excluding hydrogens is 402 g/mol. The molecule has 10 heteroatoms. The average molecular weight is 431 g/mol. The number of rotatable bonds is 5. The number of piperidine rings is 1. The van der Waals surface area contributed by atoms with Crippen molar-refractivity contribution < 1.29 is 23.3 Å². The summed E-state index contributed by atoms with van der Waals surface area (Å²) in [6, 6.07) is 1.77. The van der Waals surface area contributed by atoms with Gasteiger partial charge in [0.05, 0.1) is 19.8 Å². The quantitative estimate of drug-likeness (QED) is 0.700. The maximum absolute atomic E-state index is 12.9. The van der Waals surface area contributed by atoms with Crippen LogP contribution in [-0.2, 0) is 16.0 Å². The fourth-order valence-electron chi connectivity index (χ4n) is 4.49. The summed E-state index contributed by atoms with van der Waals surface area (Å²) in [4.78, 5) is 21.6. The van der Waals surface area contributed by atoms with E-state index in [1.54, 1.807) is 6.07 Å². The largest absolute Gasteiger partial charge is 0.381 e. The zero-order chi connectivity index (χ0) is 21.0. The normalized spacial score (nSPS) is 22.1. The molecule has 0 saturated carbocycles. The predicted molar refractivity (Wildman–Crippen MR) is 108 cm³/mol. The highest BCUT2D eigenvalue weighted by molar-refractivity contribution is 5.92. The van der Waals surface area contributed by atoms with Crippen molar-refractivity contribution in [3.63, 3.8) is 0 Å². The lowest BCUT2D eigenvalue weighted by atomic mass is 9.96. The maximum Gasteiger partial charge on any atom is 0.276 e. The van der Waals surface area contributed by atoms with Crippen LogP contribution in [0.2, 0.25) is 0 Å². The van der Waals surface area contributed by atoms with Gasteiger partial charge in [0.2, 0.25) is 5.89 Å². The third-order valence-electron chi connectivity index (χ3n) is 6.44. The number of aromatic nitrogens is 3. The number of amides is 1. The van der Waals surface area contributed by atoms with E-state index in [-0.39, 0.29) is 11.8 Å². The maximum atomic E-state index is 12.9. The average Bonchev–Trinajstić information content (AvgIpc) is 3.50. The van der Waals surface area contributed by atoms with E-state index in [1.807, 2.05) is 4.90 Å². The molecule has 2 aromatic heterocycles. The highest BCUT2D eigenvalue weighted by Gasteiger charge is 2.30. The summed E-state index contributed by atoms with van der Waals surface area (Å²) < 4.78 is 21.8. The third-order valence-corrected chi connectivity index (χ3v) is 6.44. The van der Waals surface area contributed by atoms with Crippen molar-refractivity contribution in [3.05, 3.63) is 29.2 Å². The standard InChI is InChI=1S/C21H29N5O5/c27-21(18-13-17(30-23-18)14-25-7-11-29-12-8-25)26-5-1-16(2-6-26)20-22-19(24-31-20)15-3-9-28-10-4-15/h13,15-16H,1-12,14H2. The van der Waals surface area contributed by atoms with Gasteiger partial charge in [0.25, 0.3) is 5.91 Å². The SMILES string of the molecule is O=C(c1cc(CN2CCOCC2)on1)N1CCC(c2nc(C3CCOCC3)no2)CC1. The van der Waals surface area contributed by atoms with Crippen LogP contribution < -0.4 is 0 Å². The molecule has 10 nitrogen and oxygen atoms in total. The smallest absolute Gasteiger partial charge is 0.276 e. The van der Waals surface area contributed by atoms with Crippen LogP contribution in [0.1, 0.15) is 65.5 Å². The molecule has 168 valence electrons. The van der Waals surface area contributed by atoms with Gasteiger partial charge in [-0.1, -0.05) is 10.3 Å². The Balaban J connectivity index is 1.13. The summed E-state index contributed by atoms with van der Waals surface area (Å²) in [7, 11) is 0. The highest BCUT2D eigenvalue weighted by atomic mass is 16.5. The number of carbonyl (C=O) groups excluding carboxylic acids is 1. The number of hydrogen-bond donors (Lipinski definition) is 0. The molecule has 0 aromatic carbocycles. The van der Waals surface area contributed by atoms with Crippen molar-refractivity contribution in [2.75, 3.05) is 52.6 Å². The molecule has 1 amide bonds. The number of hydrogen-bond acceptors (Lipinski definition) is 9. The lowest BCUT2D eigenvalue weighted by Gasteiger charge is -2.29. The molecule has 5 rings (SSSR count). The molecule has 3 aliphatic rings. The second-order valence-corrected chi connectivity index (χ2v) is 8.51. The van der Waals surface area contributed by atoms with Crippen molar-refractivity contribution in [2.24, 2.45) is 0 Å². The minimum Gasteiger partial charge on any atom is -0.381 e. The third kappa shape index (κ3) is 4.81. The second kappa shape index (κ2) is 9.46. The summed E-state index contributed by atoms with van der Waals surface area (Å²) >= 11 is 0. The molecule has 3 aliphatic heterocycles. The van der Waals surface area contributed by atoms with Crippen LogP contribution in [0.5, 0.6) is 0 Å². The van der Waals surface area contributed by atoms with Gasteiger partial charge >= 0.3 is 0 Å². The Hall–Kier alpha value is -2.30. The van der Waals surface area contributed by atoms with Crippen LogP contribution in [0, 0.1) is 0 Å². The van der Waals surface area contributed by atoms with Crippen LogP contribution in [0.15, 0.2) is 15.1 Å². The molecule has 2 aromatic rings. The first-order chi connectivity index (χ1) is 15.3. The molecular formula is C21H29N5O5. The van der Waals surface area contributed by atoms with Crippen molar-refractivity contribution >= 4 is 5.91 Å². The number of ether oxygens (including phenoxy) is 2. The fourth-order valence-corrected chi connectivity index (χ4v) is 4.49. The van der Waals surface area contributed by atoms with Crippen molar-refractivity contribution in [2.45, 2.75) is 44.1 Å². The van der Waals surface area contributed by atoms with Crippen molar-refractivity contribution in [3.8, 4) is 0 Å². The highest BCUT2D eigenvalue weighted by Crippen LogP contribution is 2.30. The number of likely N-dealkylation sites (tertiary alicyclic amines) is 1. The molecule has 5 heterocycles. The molecule has 0 radical (unpaired) electrons. The second-order valence-electron chi connectivity index (χ2n) is 8.51. The van der Waals surface area contributed by atoms with Crippen molar-refractivity contribution in [1.29, 1.82) is 0 Å². The first-order valence-electron chi connectivity index (χ1n) is 11.2. The molecule has 3 saturated heterocycles. The van der Waals surface area contributed by atoms with E-state index < -0.39 is 0 Å². The van der Waals surface area contributed by atoms with Gasteiger partial charge in [0.1, 0.15) is 0 Å². The molecule has 31 heavy (non-hydrogen) atoms. The minimum absolute atomic E-state index is 0.0798. The van der Waals surface area contributed by atoms with Crippen LogP contribution in [0.4, 0.5) is 0 Å². The minimum atomic E-state index is -0.0798. The van der Waals surface area contributed by atoms with E-state index in [1.165, 1.54) is 0 Å². The summed E-state index contributed by atoms with van der Waals surface area (Å²) in [5, 5.41) is 8.22. The topological polar surface area (TPSA) is 107 Å². The zero-order valence-corrected chi connectivity index (χ0v) is 17.7. The first-order valence-corrected chi connectivity index (χ1v) is 11.2. The van der Waals surface area contributed by atoms with E-state index in [2.05, 4.69) is 20.2 Å². The Morgan fingerprint density at radius 3 is 2.42 bits per heavy atom. The predicted octanol–water partition coefficient (Wildman–Crippen LogP) is 1.80. The van der Waals surface area contributed by atoms with Gasteiger partial charge in [0.15, 0.2) is 17.3 Å². The first kappa shape index (κ1) is 20.6. The molecule has 3 fully saturated rings. The fraction of sp³-hybridized carbons (Fsp3) is 0.714. The van der Waals surface area contributed by atoms with Gasteiger partial charge in [-0.2, -0.15) is 4.98 Å². The lowest BCUT2D eigenvalue weighted by molar-refractivity contribution is 0.0305. The summed E-state index contributed by atoms with van der Waals surface area (Å²) in [5.41, 5.74) is 0.376. The van der Waals surface area contributed by atoms with Gasteiger partial charge in [-0.05, 0) is 25.7 Å². The Labute approximate surface area is 180 Å². The molecule has 0 aliphatic carbocycles. The molecule has 0 spiro atoms. The van der Waals surface area contributed by atoms with E-state index in [0.29, 0.717) is 42.9 Å². The Kier molecular flexibility index (Phi) is 6.28. The van der Waals surface area contributed by atoms with Gasteiger partial charge in [0, 0.05) is 57.3 Å². The van der Waals surface area contributed by atoms with Crippen LogP contribution in [0.25, 0.3) is 0 Å². The molecule has 0 unspecified atom stereocenters.